The Morgan fingerprint density at radius 2 is 2.30 bits per heavy atom. The van der Waals surface area contributed by atoms with Crippen molar-refractivity contribution in [2.45, 2.75) is 30.2 Å². The topological polar surface area (TPSA) is 106 Å². The number of nitrogens with one attached hydrogen (secondary N) is 2. The molecule has 2 rings (SSSR count). The summed E-state index contributed by atoms with van der Waals surface area (Å²) >= 11 is 5.89. The predicted molar refractivity (Wildman–Crippen MR) is 75.8 cm³/mol. The molecule has 1 atom stereocenters. The summed E-state index contributed by atoms with van der Waals surface area (Å²) in [5.41, 5.74) is 1.67. The Labute approximate surface area is 122 Å². The minimum Gasteiger partial charge on any atom is -0.380 e. The second kappa shape index (κ2) is 5.82. The number of ether oxygens (including phenoxy) is 1. The number of nitrogen functional groups attached to an aromatic ring is 1. The zero-order chi connectivity index (χ0) is 14.8. The van der Waals surface area contributed by atoms with E-state index in [1.54, 1.807) is 0 Å². The maximum atomic E-state index is 12.3. The van der Waals surface area contributed by atoms with Crippen LogP contribution in [0.1, 0.15) is 19.8 Å². The minimum atomic E-state index is -3.71. The number of pyridine rings is 1. The van der Waals surface area contributed by atoms with Crippen molar-refractivity contribution in [3.05, 3.63) is 17.3 Å². The van der Waals surface area contributed by atoms with Crippen LogP contribution in [0.4, 0.5) is 5.82 Å². The lowest BCUT2D eigenvalue weighted by atomic mass is 9.97. The molecule has 0 saturated carbocycles. The van der Waals surface area contributed by atoms with E-state index in [1.165, 1.54) is 12.3 Å². The standard InChI is InChI=1S/C11H17ClN4O3S/c1-11(3-2-4-19-7-11)16-20(17,18)8-5-9(12)10(15-13)14-6-8/h5-6,16H,2-4,7,13H2,1H3,(H,14,15). The van der Waals surface area contributed by atoms with E-state index in [0.29, 0.717) is 13.2 Å². The quantitative estimate of drug-likeness (QED) is 0.561. The monoisotopic (exact) mass is 320 g/mol. The summed E-state index contributed by atoms with van der Waals surface area (Å²) in [5.74, 6) is 5.42. The number of hydrazine groups is 1. The van der Waals surface area contributed by atoms with E-state index >= 15 is 0 Å². The van der Waals surface area contributed by atoms with Gasteiger partial charge in [-0.1, -0.05) is 11.6 Å². The Kier molecular flexibility index (Phi) is 4.50. The van der Waals surface area contributed by atoms with Crippen molar-refractivity contribution in [2.75, 3.05) is 18.6 Å². The van der Waals surface area contributed by atoms with Crippen LogP contribution in [0.3, 0.4) is 0 Å². The highest BCUT2D eigenvalue weighted by atomic mass is 35.5. The molecule has 1 aliphatic rings. The fraction of sp³-hybridized carbons (Fsp3) is 0.545. The van der Waals surface area contributed by atoms with Crippen molar-refractivity contribution in [1.29, 1.82) is 0 Å². The zero-order valence-electron chi connectivity index (χ0n) is 11.0. The third-order valence-corrected chi connectivity index (χ3v) is 4.98. The van der Waals surface area contributed by atoms with Crippen LogP contribution in [0.5, 0.6) is 0 Å². The molecule has 1 unspecified atom stereocenters. The Hall–Kier alpha value is -0.930. The van der Waals surface area contributed by atoms with Gasteiger partial charge in [0, 0.05) is 12.8 Å². The molecule has 0 radical (unpaired) electrons. The van der Waals surface area contributed by atoms with Crippen LogP contribution < -0.4 is 16.0 Å². The number of sulfonamides is 1. The lowest BCUT2D eigenvalue weighted by Gasteiger charge is -2.33. The van der Waals surface area contributed by atoms with Crippen molar-refractivity contribution in [2.24, 2.45) is 5.84 Å². The third kappa shape index (κ3) is 3.39. The average molecular weight is 321 g/mol. The van der Waals surface area contributed by atoms with Crippen LogP contribution in [0.2, 0.25) is 5.02 Å². The molecule has 1 saturated heterocycles. The van der Waals surface area contributed by atoms with E-state index in [-0.39, 0.29) is 15.7 Å². The molecule has 0 spiro atoms. The van der Waals surface area contributed by atoms with Crippen LogP contribution in [-0.4, -0.2) is 32.2 Å². The van der Waals surface area contributed by atoms with Crippen LogP contribution in [0, 0.1) is 0 Å². The highest BCUT2D eigenvalue weighted by molar-refractivity contribution is 7.89. The lowest BCUT2D eigenvalue weighted by molar-refractivity contribution is 0.0386. The third-order valence-electron chi connectivity index (χ3n) is 3.08. The van der Waals surface area contributed by atoms with Crippen LogP contribution >= 0.6 is 11.6 Å². The van der Waals surface area contributed by atoms with Gasteiger partial charge < -0.3 is 10.2 Å². The summed E-state index contributed by atoms with van der Waals surface area (Å²) in [6.45, 7) is 2.81. The van der Waals surface area contributed by atoms with E-state index < -0.39 is 15.6 Å². The molecule has 2 heterocycles. The fourth-order valence-corrected chi connectivity index (χ4v) is 3.75. The first-order chi connectivity index (χ1) is 9.36. The van der Waals surface area contributed by atoms with Gasteiger partial charge in [-0.2, -0.15) is 0 Å². The zero-order valence-corrected chi connectivity index (χ0v) is 12.6. The normalized spacial score (nSPS) is 23.6. The highest BCUT2D eigenvalue weighted by Crippen LogP contribution is 2.25. The van der Waals surface area contributed by atoms with E-state index in [2.05, 4.69) is 15.1 Å². The van der Waals surface area contributed by atoms with Crippen molar-refractivity contribution < 1.29 is 13.2 Å². The molecule has 4 N–H and O–H groups in total. The molecule has 0 amide bonds. The molecule has 0 bridgehead atoms. The van der Waals surface area contributed by atoms with Gasteiger partial charge in [0.1, 0.15) is 4.90 Å². The second-order valence-corrected chi connectivity index (χ2v) is 7.06. The van der Waals surface area contributed by atoms with Gasteiger partial charge in [0.25, 0.3) is 0 Å². The minimum absolute atomic E-state index is 0.00621. The number of nitrogens with two attached hydrogens (primary N) is 1. The summed E-state index contributed by atoms with van der Waals surface area (Å²) in [6.07, 6.45) is 2.74. The maximum Gasteiger partial charge on any atom is 0.242 e. The Morgan fingerprint density at radius 3 is 2.85 bits per heavy atom. The lowest BCUT2D eigenvalue weighted by Crippen LogP contribution is -2.51. The number of hydrogen-bond acceptors (Lipinski definition) is 6. The fourth-order valence-electron chi connectivity index (χ4n) is 2.07. The molecule has 0 aromatic carbocycles. The number of hydrogen-bond donors (Lipinski definition) is 3. The molecule has 112 valence electrons. The van der Waals surface area contributed by atoms with Crippen molar-refractivity contribution in [3.8, 4) is 0 Å². The summed E-state index contributed by atoms with van der Waals surface area (Å²) in [5, 5.41) is 0.139. The first-order valence-electron chi connectivity index (χ1n) is 6.10. The molecule has 20 heavy (non-hydrogen) atoms. The van der Waals surface area contributed by atoms with Crippen LogP contribution in [0.15, 0.2) is 17.2 Å². The Bertz CT molecular complexity index is 587. The van der Waals surface area contributed by atoms with Gasteiger partial charge in [0.15, 0.2) is 5.82 Å². The molecular weight excluding hydrogens is 304 g/mol. The summed E-state index contributed by atoms with van der Waals surface area (Å²) in [6, 6.07) is 1.30. The molecular formula is C11H17ClN4O3S. The number of anilines is 1. The summed E-state index contributed by atoms with van der Waals surface area (Å²) < 4.78 is 32.7. The van der Waals surface area contributed by atoms with Crippen LogP contribution in [0.25, 0.3) is 0 Å². The molecule has 7 nitrogen and oxygen atoms in total. The number of aromatic nitrogens is 1. The number of nitrogens with zero attached hydrogens (tertiary/aromatic N) is 1. The smallest absolute Gasteiger partial charge is 0.242 e. The molecule has 1 aromatic heterocycles. The molecule has 9 heteroatoms. The second-order valence-electron chi connectivity index (χ2n) is 4.97. The Morgan fingerprint density at radius 1 is 1.55 bits per heavy atom. The summed E-state index contributed by atoms with van der Waals surface area (Å²) in [7, 11) is -3.71. The van der Waals surface area contributed by atoms with E-state index in [4.69, 9.17) is 22.2 Å². The SMILES string of the molecule is CC1(NS(=O)(=O)c2cnc(NN)c(Cl)c2)CCCOC1. The van der Waals surface area contributed by atoms with Gasteiger partial charge in [0.2, 0.25) is 10.0 Å². The largest absolute Gasteiger partial charge is 0.380 e. The van der Waals surface area contributed by atoms with Gasteiger partial charge in [-0.05, 0) is 25.8 Å². The highest BCUT2D eigenvalue weighted by Gasteiger charge is 2.33. The van der Waals surface area contributed by atoms with Gasteiger partial charge in [-0.25, -0.2) is 24.0 Å². The first kappa shape index (κ1) is 15.5. The molecule has 1 aromatic rings. The molecule has 1 fully saturated rings. The molecule has 1 aliphatic heterocycles. The van der Waals surface area contributed by atoms with Gasteiger partial charge in [-0.15, -0.1) is 0 Å². The van der Waals surface area contributed by atoms with Gasteiger partial charge in [-0.3, -0.25) is 0 Å². The van der Waals surface area contributed by atoms with Crippen LogP contribution in [-0.2, 0) is 14.8 Å². The maximum absolute atomic E-state index is 12.3. The predicted octanol–water partition coefficient (Wildman–Crippen LogP) is 0.868. The molecule has 0 aliphatic carbocycles. The van der Waals surface area contributed by atoms with Gasteiger partial charge >= 0.3 is 0 Å². The average Bonchev–Trinajstić information content (AvgIpc) is 2.38. The van der Waals surface area contributed by atoms with Crippen molar-refractivity contribution in [3.63, 3.8) is 0 Å². The van der Waals surface area contributed by atoms with Crippen molar-refractivity contribution in [1.82, 2.24) is 9.71 Å². The first-order valence-corrected chi connectivity index (χ1v) is 7.96. The van der Waals surface area contributed by atoms with E-state index in [9.17, 15) is 8.42 Å². The summed E-state index contributed by atoms with van der Waals surface area (Å²) in [4.78, 5) is 3.85. The Balaban J connectivity index is 2.24. The van der Waals surface area contributed by atoms with Crippen molar-refractivity contribution >= 4 is 27.4 Å². The van der Waals surface area contributed by atoms with E-state index in [0.717, 1.165) is 12.8 Å². The van der Waals surface area contributed by atoms with Gasteiger partial charge in [0.05, 0.1) is 17.2 Å². The number of halogens is 1. The number of rotatable bonds is 4. The van der Waals surface area contributed by atoms with E-state index in [1.807, 2.05) is 6.92 Å².